The van der Waals surface area contributed by atoms with E-state index < -0.39 is 0 Å². The predicted octanol–water partition coefficient (Wildman–Crippen LogP) is 6.99. The van der Waals surface area contributed by atoms with Crippen LogP contribution in [0.5, 0.6) is 6.01 Å². The minimum Gasteiger partial charge on any atom is -0.463 e. The van der Waals surface area contributed by atoms with Gasteiger partial charge in [0.2, 0.25) is 0 Å². The topological polar surface area (TPSA) is 89.7 Å². The first-order valence-electron chi connectivity index (χ1n) is 12.8. The van der Waals surface area contributed by atoms with E-state index in [0.29, 0.717) is 18.4 Å². The summed E-state index contributed by atoms with van der Waals surface area (Å²) in [4.78, 5) is 17.2. The molecule has 0 aliphatic heterocycles. The number of nitrogens with zero attached hydrogens (tertiary/aromatic N) is 3. The fraction of sp³-hybridized carbons (Fsp3) is 0.194. The Balaban J connectivity index is 1.32. The molecule has 6 rings (SSSR count). The number of aromatic nitrogens is 4. The summed E-state index contributed by atoms with van der Waals surface area (Å²) in [6.07, 6.45) is 4.69. The number of nitrogen functional groups attached to an aromatic ring is 1. The maximum absolute atomic E-state index is 6.17. The first-order valence-corrected chi connectivity index (χ1v) is 12.8. The SMILES string of the molecule is CCCCOc1nc(N)c2[nH]cc(Cc3ccc(-c4ccc(C)c5cc6ccccc6nc45)cc3)c2n1. The van der Waals surface area contributed by atoms with E-state index in [9.17, 15) is 0 Å². The van der Waals surface area contributed by atoms with Crippen LogP contribution in [0.15, 0.2) is 72.9 Å². The summed E-state index contributed by atoms with van der Waals surface area (Å²) in [6, 6.07) is 23.9. The van der Waals surface area contributed by atoms with Crippen molar-refractivity contribution in [2.75, 3.05) is 12.3 Å². The van der Waals surface area contributed by atoms with Crippen LogP contribution in [0.4, 0.5) is 5.82 Å². The van der Waals surface area contributed by atoms with Crippen LogP contribution < -0.4 is 10.5 Å². The second-order valence-electron chi connectivity index (χ2n) is 9.51. The molecule has 0 spiro atoms. The molecule has 184 valence electrons. The predicted molar refractivity (Wildman–Crippen MR) is 151 cm³/mol. The number of hydrogen-bond acceptors (Lipinski definition) is 5. The third kappa shape index (κ3) is 4.35. The van der Waals surface area contributed by atoms with Crippen molar-refractivity contribution in [2.24, 2.45) is 0 Å². The monoisotopic (exact) mass is 487 g/mol. The molecule has 6 aromatic rings. The van der Waals surface area contributed by atoms with Crippen molar-refractivity contribution in [1.82, 2.24) is 19.9 Å². The van der Waals surface area contributed by atoms with Gasteiger partial charge in [-0.1, -0.05) is 67.9 Å². The van der Waals surface area contributed by atoms with Gasteiger partial charge in [-0.25, -0.2) is 4.98 Å². The molecule has 0 bridgehead atoms. The molecule has 0 amide bonds. The van der Waals surface area contributed by atoms with Gasteiger partial charge >= 0.3 is 6.01 Å². The van der Waals surface area contributed by atoms with Crippen LogP contribution in [-0.4, -0.2) is 26.5 Å². The fourth-order valence-corrected chi connectivity index (χ4v) is 4.82. The molecule has 3 heterocycles. The van der Waals surface area contributed by atoms with Crippen molar-refractivity contribution < 1.29 is 4.74 Å². The summed E-state index contributed by atoms with van der Waals surface area (Å²) in [7, 11) is 0. The summed E-state index contributed by atoms with van der Waals surface area (Å²) in [5.41, 5.74) is 15.5. The number of unbranched alkanes of at least 4 members (excludes halogenated alkanes) is 1. The zero-order chi connectivity index (χ0) is 25.4. The number of nitrogens with two attached hydrogens (primary N) is 1. The molecule has 0 unspecified atom stereocenters. The molecule has 0 radical (unpaired) electrons. The first kappa shape index (κ1) is 23.0. The molecule has 6 heteroatoms. The third-order valence-corrected chi connectivity index (χ3v) is 6.90. The fourth-order valence-electron chi connectivity index (χ4n) is 4.82. The zero-order valence-electron chi connectivity index (χ0n) is 21.1. The van der Waals surface area contributed by atoms with Gasteiger partial charge in [0.15, 0.2) is 5.82 Å². The normalized spacial score (nSPS) is 11.5. The smallest absolute Gasteiger partial charge is 0.319 e. The van der Waals surface area contributed by atoms with Gasteiger partial charge in [-0.2, -0.15) is 9.97 Å². The number of aromatic amines is 1. The highest BCUT2D eigenvalue weighted by Crippen LogP contribution is 2.32. The Hall–Kier alpha value is -4.45. The van der Waals surface area contributed by atoms with Gasteiger partial charge in [-0.15, -0.1) is 0 Å². The second kappa shape index (κ2) is 9.54. The lowest BCUT2D eigenvalue weighted by molar-refractivity contribution is 0.287. The quantitative estimate of drug-likeness (QED) is 0.187. The average Bonchev–Trinajstić information content (AvgIpc) is 3.32. The van der Waals surface area contributed by atoms with Crippen molar-refractivity contribution in [3.8, 4) is 17.1 Å². The molecule has 37 heavy (non-hydrogen) atoms. The van der Waals surface area contributed by atoms with E-state index in [1.807, 2.05) is 12.3 Å². The van der Waals surface area contributed by atoms with Gasteiger partial charge in [0.1, 0.15) is 11.0 Å². The van der Waals surface area contributed by atoms with E-state index in [2.05, 4.69) is 89.5 Å². The van der Waals surface area contributed by atoms with E-state index >= 15 is 0 Å². The zero-order valence-corrected chi connectivity index (χ0v) is 21.1. The number of benzene rings is 3. The van der Waals surface area contributed by atoms with Crippen molar-refractivity contribution in [3.63, 3.8) is 0 Å². The summed E-state index contributed by atoms with van der Waals surface area (Å²) in [6.45, 7) is 4.85. The molecule has 3 N–H and O–H groups in total. The molecule has 3 aromatic heterocycles. The van der Waals surface area contributed by atoms with Crippen LogP contribution in [0.25, 0.3) is 44.0 Å². The van der Waals surface area contributed by atoms with E-state index in [-0.39, 0.29) is 0 Å². The van der Waals surface area contributed by atoms with Crippen LogP contribution in [-0.2, 0) is 6.42 Å². The highest BCUT2D eigenvalue weighted by Gasteiger charge is 2.14. The minimum absolute atomic E-state index is 0.334. The van der Waals surface area contributed by atoms with E-state index in [1.54, 1.807) is 0 Å². The Kier molecular flexibility index (Phi) is 5.93. The molecule has 0 saturated heterocycles. The van der Waals surface area contributed by atoms with Crippen molar-refractivity contribution >= 4 is 38.7 Å². The molecule has 0 fully saturated rings. The lowest BCUT2D eigenvalue weighted by atomic mass is 9.96. The Labute approximate surface area is 215 Å². The van der Waals surface area contributed by atoms with E-state index in [1.165, 1.54) is 16.5 Å². The molecule has 0 saturated carbocycles. The van der Waals surface area contributed by atoms with Crippen LogP contribution in [0, 0.1) is 6.92 Å². The summed E-state index contributed by atoms with van der Waals surface area (Å²) < 4.78 is 5.72. The van der Waals surface area contributed by atoms with Crippen LogP contribution in [0.1, 0.15) is 36.5 Å². The number of nitrogens with one attached hydrogen (secondary N) is 1. The molecule has 0 atom stereocenters. The lowest BCUT2D eigenvalue weighted by Crippen LogP contribution is -2.03. The molecule has 6 nitrogen and oxygen atoms in total. The summed E-state index contributed by atoms with van der Waals surface area (Å²) >= 11 is 0. The summed E-state index contributed by atoms with van der Waals surface area (Å²) in [5.74, 6) is 0.407. The second-order valence-corrected chi connectivity index (χ2v) is 9.51. The first-order chi connectivity index (χ1) is 18.1. The summed E-state index contributed by atoms with van der Waals surface area (Å²) in [5, 5.41) is 2.35. The van der Waals surface area contributed by atoms with Crippen molar-refractivity contribution in [2.45, 2.75) is 33.1 Å². The van der Waals surface area contributed by atoms with Crippen LogP contribution in [0.2, 0.25) is 0 Å². The van der Waals surface area contributed by atoms with Gasteiger partial charge in [-0.05, 0) is 42.2 Å². The number of aryl methyl sites for hydroxylation is 1. The Morgan fingerprint density at radius 1 is 0.919 bits per heavy atom. The number of para-hydroxylation sites is 1. The molecule has 3 aromatic carbocycles. The van der Waals surface area contributed by atoms with Gasteiger partial charge in [0.25, 0.3) is 0 Å². The van der Waals surface area contributed by atoms with Crippen molar-refractivity contribution in [1.29, 1.82) is 0 Å². The minimum atomic E-state index is 0.334. The number of rotatable bonds is 7. The number of ether oxygens (including phenoxy) is 1. The largest absolute Gasteiger partial charge is 0.463 e. The Morgan fingerprint density at radius 3 is 2.59 bits per heavy atom. The molecule has 0 aliphatic carbocycles. The number of fused-ring (bicyclic) bond motifs is 3. The third-order valence-electron chi connectivity index (χ3n) is 6.90. The Bertz CT molecular complexity index is 1740. The maximum atomic E-state index is 6.17. The van der Waals surface area contributed by atoms with E-state index in [0.717, 1.165) is 63.4 Å². The maximum Gasteiger partial charge on any atom is 0.319 e. The molecule has 0 aliphatic rings. The van der Waals surface area contributed by atoms with Crippen LogP contribution >= 0.6 is 0 Å². The Morgan fingerprint density at radius 2 is 1.76 bits per heavy atom. The van der Waals surface area contributed by atoms with Gasteiger partial charge in [0.05, 0.1) is 17.6 Å². The number of H-pyrrole nitrogens is 1. The standard InChI is InChI=1S/C31H29N5O/c1-3-4-15-37-31-35-27-23(18-33-29(27)30(32)36-31)16-20-10-12-21(13-11-20)24-14-9-19(2)25-17-22-7-5-6-8-26(22)34-28(24)25/h5-14,17-18,33H,3-4,15-16H2,1-2H3,(H2,32,35,36). The van der Waals surface area contributed by atoms with Crippen LogP contribution in [0.3, 0.4) is 0 Å². The van der Waals surface area contributed by atoms with Gasteiger partial charge in [0, 0.05) is 34.5 Å². The molecular formula is C31H29N5O. The highest BCUT2D eigenvalue weighted by molar-refractivity contribution is 6.01. The average molecular weight is 488 g/mol. The van der Waals surface area contributed by atoms with Gasteiger partial charge in [-0.3, -0.25) is 0 Å². The van der Waals surface area contributed by atoms with E-state index in [4.69, 9.17) is 15.5 Å². The molecular weight excluding hydrogens is 458 g/mol. The number of hydrogen-bond donors (Lipinski definition) is 2. The number of pyridine rings is 1. The highest BCUT2D eigenvalue weighted by atomic mass is 16.5. The lowest BCUT2D eigenvalue weighted by Gasteiger charge is -2.11. The number of anilines is 1. The van der Waals surface area contributed by atoms with Crippen molar-refractivity contribution in [3.05, 3.63) is 89.6 Å². The van der Waals surface area contributed by atoms with Gasteiger partial charge < -0.3 is 15.5 Å².